The van der Waals surface area contributed by atoms with Gasteiger partial charge >= 0.3 is 0 Å². The van der Waals surface area contributed by atoms with Crippen LogP contribution in [0, 0.1) is 5.92 Å². The summed E-state index contributed by atoms with van der Waals surface area (Å²) in [6, 6.07) is 0. The summed E-state index contributed by atoms with van der Waals surface area (Å²) in [4.78, 5) is 0. The average molecular weight is 279 g/mol. The molecule has 0 radical (unpaired) electrons. The van der Waals surface area contributed by atoms with Gasteiger partial charge in [-0.2, -0.15) is 12.7 Å². The zero-order chi connectivity index (χ0) is 13.6. The van der Waals surface area contributed by atoms with Crippen molar-refractivity contribution in [3.8, 4) is 0 Å². The van der Waals surface area contributed by atoms with Gasteiger partial charge in [0.25, 0.3) is 10.2 Å². The quantitative estimate of drug-likeness (QED) is 0.550. The molecule has 0 aromatic heterocycles. The number of aliphatic hydroxyl groups excluding tert-OH is 1. The Morgan fingerprint density at radius 1 is 1.44 bits per heavy atom. The lowest BCUT2D eigenvalue weighted by Crippen LogP contribution is -2.47. The highest BCUT2D eigenvalue weighted by Crippen LogP contribution is 2.17. The molecule has 1 aliphatic heterocycles. The SMILES string of the molecule is CC(O)CNCCNS(=O)(=O)N1CCCC(C)C1. The van der Waals surface area contributed by atoms with Crippen molar-refractivity contribution in [2.75, 3.05) is 32.7 Å². The summed E-state index contributed by atoms with van der Waals surface area (Å²) in [5.74, 6) is 0.434. The second kappa shape index (κ2) is 7.40. The van der Waals surface area contributed by atoms with Crippen LogP contribution in [0.2, 0.25) is 0 Å². The minimum absolute atomic E-state index is 0.347. The Labute approximate surface area is 110 Å². The first-order chi connectivity index (χ1) is 8.42. The van der Waals surface area contributed by atoms with Crippen LogP contribution in [-0.4, -0.2) is 56.7 Å². The van der Waals surface area contributed by atoms with Gasteiger partial charge in [-0.25, -0.2) is 4.72 Å². The molecule has 2 unspecified atom stereocenters. The van der Waals surface area contributed by atoms with Gasteiger partial charge in [0.2, 0.25) is 0 Å². The molecule has 0 bridgehead atoms. The number of nitrogens with zero attached hydrogens (tertiary/aromatic N) is 1. The van der Waals surface area contributed by atoms with Gasteiger partial charge in [-0.05, 0) is 25.7 Å². The lowest BCUT2D eigenvalue weighted by Gasteiger charge is -2.30. The first-order valence-corrected chi connectivity index (χ1v) is 7.99. The van der Waals surface area contributed by atoms with Crippen LogP contribution in [-0.2, 0) is 10.2 Å². The number of piperidine rings is 1. The molecular weight excluding hydrogens is 254 g/mol. The second-order valence-corrected chi connectivity index (χ2v) is 6.81. The average Bonchev–Trinajstić information content (AvgIpc) is 2.28. The smallest absolute Gasteiger partial charge is 0.279 e. The molecule has 1 heterocycles. The third-order valence-corrected chi connectivity index (χ3v) is 4.57. The zero-order valence-electron chi connectivity index (χ0n) is 11.2. The Bertz CT molecular complexity index is 332. The van der Waals surface area contributed by atoms with Crippen LogP contribution in [0.25, 0.3) is 0 Å². The van der Waals surface area contributed by atoms with E-state index in [1.165, 1.54) is 4.31 Å². The van der Waals surface area contributed by atoms with Crippen LogP contribution in [0.15, 0.2) is 0 Å². The monoisotopic (exact) mass is 279 g/mol. The Kier molecular flexibility index (Phi) is 6.51. The summed E-state index contributed by atoms with van der Waals surface area (Å²) in [7, 11) is -3.34. The van der Waals surface area contributed by atoms with Gasteiger partial charge in [-0.1, -0.05) is 6.92 Å². The van der Waals surface area contributed by atoms with Crippen molar-refractivity contribution in [3.63, 3.8) is 0 Å². The molecule has 0 amide bonds. The highest BCUT2D eigenvalue weighted by atomic mass is 32.2. The Hall–Kier alpha value is -0.210. The largest absolute Gasteiger partial charge is 0.392 e. The molecule has 0 aromatic carbocycles. The van der Waals surface area contributed by atoms with Crippen LogP contribution in [0.5, 0.6) is 0 Å². The van der Waals surface area contributed by atoms with E-state index in [1.54, 1.807) is 6.92 Å². The Morgan fingerprint density at radius 2 is 2.17 bits per heavy atom. The molecule has 0 spiro atoms. The summed E-state index contributed by atoms with van der Waals surface area (Å²) in [5.41, 5.74) is 0. The summed E-state index contributed by atoms with van der Waals surface area (Å²) >= 11 is 0. The van der Waals surface area contributed by atoms with Crippen molar-refractivity contribution in [1.29, 1.82) is 0 Å². The van der Waals surface area contributed by atoms with Crippen molar-refractivity contribution in [1.82, 2.24) is 14.3 Å². The van der Waals surface area contributed by atoms with Gasteiger partial charge in [0.1, 0.15) is 0 Å². The lowest BCUT2D eigenvalue weighted by molar-refractivity contribution is 0.192. The molecule has 1 saturated heterocycles. The van der Waals surface area contributed by atoms with E-state index < -0.39 is 16.3 Å². The summed E-state index contributed by atoms with van der Waals surface area (Å²) in [6.45, 7) is 6.32. The van der Waals surface area contributed by atoms with Crippen LogP contribution < -0.4 is 10.0 Å². The molecule has 6 nitrogen and oxygen atoms in total. The molecule has 3 N–H and O–H groups in total. The molecule has 7 heteroatoms. The molecule has 108 valence electrons. The van der Waals surface area contributed by atoms with E-state index in [2.05, 4.69) is 17.0 Å². The zero-order valence-corrected chi connectivity index (χ0v) is 12.0. The fraction of sp³-hybridized carbons (Fsp3) is 1.00. The fourth-order valence-corrected chi connectivity index (χ4v) is 3.40. The van der Waals surface area contributed by atoms with Gasteiger partial charge < -0.3 is 10.4 Å². The Balaban J connectivity index is 2.26. The van der Waals surface area contributed by atoms with E-state index in [0.717, 1.165) is 12.8 Å². The first-order valence-electron chi connectivity index (χ1n) is 6.55. The van der Waals surface area contributed by atoms with Crippen LogP contribution in [0.1, 0.15) is 26.7 Å². The number of hydrogen-bond donors (Lipinski definition) is 3. The molecule has 1 aliphatic rings. The maximum absolute atomic E-state index is 12.0. The molecule has 18 heavy (non-hydrogen) atoms. The van der Waals surface area contributed by atoms with Gasteiger partial charge in [0, 0.05) is 32.7 Å². The molecule has 1 fully saturated rings. The van der Waals surface area contributed by atoms with E-state index >= 15 is 0 Å². The van der Waals surface area contributed by atoms with Crippen LogP contribution >= 0.6 is 0 Å². The normalized spacial score (nSPS) is 24.1. The van der Waals surface area contributed by atoms with Gasteiger partial charge in [-0.3, -0.25) is 0 Å². The van der Waals surface area contributed by atoms with E-state index in [0.29, 0.717) is 38.6 Å². The first kappa shape index (κ1) is 15.8. The van der Waals surface area contributed by atoms with Crippen molar-refractivity contribution in [2.24, 2.45) is 5.92 Å². The van der Waals surface area contributed by atoms with Crippen molar-refractivity contribution in [2.45, 2.75) is 32.8 Å². The lowest BCUT2D eigenvalue weighted by atomic mass is 10.0. The maximum atomic E-state index is 12.0. The van der Waals surface area contributed by atoms with E-state index in [4.69, 9.17) is 5.11 Å². The third kappa shape index (κ3) is 5.62. The van der Waals surface area contributed by atoms with Crippen molar-refractivity contribution < 1.29 is 13.5 Å². The topological polar surface area (TPSA) is 81.7 Å². The predicted molar refractivity (Wildman–Crippen MR) is 71.4 cm³/mol. The summed E-state index contributed by atoms with van der Waals surface area (Å²) < 4.78 is 28.0. The van der Waals surface area contributed by atoms with Gasteiger partial charge in [-0.15, -0.1) is 0 Å². The minimum atomic E-state index is -3.34. The van der Waals surface area contributed by atoms with Crippen molar-refractivity contribution >= 4 is 10.2 Å². The fourth-order valence-electron chi connectivity index (χ4n) is 2.04. The third-order valence-electron chi connectivity index (χ3n) is 2.99. The number of nitrogens with one attached hydrogen (secondary N) is 2. The molecule has 0 aromatic rings. The number of hydrogen-bond acceptors (Lipinski definition) is 4. The number of rotatable bonds is 7. The second-order valence-electron chi connectivity index (χ2n) is 5.06. The van der Waals surface area contributed by atoms with E-state index in [-0.39, 0.29) is 0 Å². The predicted octanol–water partition coefficient (Wildman–Crippen LogP) is -0.477. The Morgan fingerprint density at radius 3 is 2.78 bits per heavy atom. The highest BCUT2D eigenvalue weighted by Gasteiger charge is 2.26. The minimum Gasteiger partial charge on any atom is -0.392 e. The van der Waals surface area contributed by atoms with Gasteiger partial charge in [0.05, 0.1) is 6.10 Å². The molecule has 1 rings (SSSR count). The van der Waals surface area contributed by atoms with E-state index in [9.17, 15) is 8.42 Å². The maximum Gasteiger partial charge on any atom is 0.279 e. The molecular formula is C11H25N3O3S. The molecule has 0 aliphatic carbocycles. The summed E-state index contributed by atoms with van der Waals surface area (Å²) in [6.07, 6.45) is 1.62. The van der Waals surface area contributed by atoms with Crippen LogP contribution in [0.4, 0.5) is 0 Å². The van der Waals surface area contributed by atoms with Gasteiger partial charge in [0.15, 0.2) is 0 Å². The number of aliphatic hydroxyl groups is 1. The van der Waals surface area contributed by atoms with E-state index in [1.807, 2.05) is 0 Å². The molecule has 2 atom stereocenters. The van der Waals surface area contributed by atoms with Crippen LogP contribution in [0.3, 0.4) is 0 Å². The van der Waals surface area contributed by atoms with Crippen molar-refractivity contribution in [3.05, 3.63) is 0 Å². The standard InChI is InChI=1S/C11H25N3O3S/c1-10-4-3-7-14(9-10)18(16,17)13-6-5-12-8-11(2)15/h10-13,15H,3-9H2,1-2H3. The molecule has 0 saturated carbocycles. The highest BCUT2D eigenvalue weighted by molar-refractivity contribution is 7.87. The summed E-state index contributed by atoms with van der Waals surface area (Å²) in [5, 5.41) is 12.0.